The van der Waals surface area contributed by atoms with Crippen LogP contribution in [0.25, 0.3) is 0 Å². The SMILES string of the molecule is CCNC(=NCCOCCOC)NCCc1ccc(C(F)(F)F)cc1. The average molecular weight is 361 g/mol. The van der Waals surface area contributed by atoms with Gasteiger partial charge >= 0.3 is 6.18 Å². The molecule has 0 atom stereocenters. The molecule has 2 N–H and O–H groups in total. The normalized spacial score (nSPS) is 12.3. The van der Waals surface area contributed by atoms with E-state index in [0.717, 1.165) is 24.2 Å². The largest absolute Gasteiger partial charge is 0.416 e. The fourth-order valence-corrected chi connectivity index (χ4v) is 1.99. The molecule has 0 aliphatic heterocycles. The summed E-state index contributed by atoms with van der Waals surface area (Å²) in [4.78, 5) is 4.37. The Balaban J connectivity index is 2.36. The third kappa shape index (κ3) is 9.31. The van der Waals surface area contributed by atoms with Gasteiger partial charge in [-0.1, -0.05) is 12.1 Å². The first kappa shape index (κ1) is 21.2. The Morgan fingerprint density at radius 2 is 1.80 bits per heavy atom. The summed E-state index contributed by atoms with van der Waals surface area (Å²) in [6.07, 6.45) is -3.69. The van der Waals surface area contributed by atoms with Crippen molar-refractivity contribution in [3.8, 4) is 0 Å². The van der Waals surface area contributed by atoms with E-state index in [4.69, 9.17) is 9.47 Å². The van der Waals surface area contributed by atoms with Crippen molar-refractivity contribution in [3.05, 3.63) is 35.4 Å². The number of alkyl halides is 3. The predicted molar refractivity (Wildman–Crippen MR) is 91.8 cm³/mol. The molecule has 8 heteroatoms. The molecule has 0 aliphatic carbocycles. The van der Waals surface area contributed by atoms with E-state index >= 15 is 0 Å². The van der Waals surface area contributed by atoms with Gasteiger partial charge in [0.1, 0.15) is 0 Å². The molecule has 0 saturated heterocycles. The van der Waals surface area contributed by atoms with E-state index in [-0.39, 0.29) is 0 Å². The number of hydrogen-bond donors (Lipinski definition) is 2. The van der Waals surface area contributed by atoms with E-state index in [1.165, 1.54) is 12.1 Å². The van der Waals surface area contributed by atoms with Gasteiger partial charge in [0.15, 0.2) is 5.96 Å². The highest BCUT2D eigenvalue weighted by Crippen LogP contribution is 2.29. The monoisotopic (exact) mass is 361 g/mol. The highest BCUT2D eigenvalue weighted by Gasteiger charge is 2.29. The van der Waals surface area contributed by atoms with E-state index < -0.39 is 11.7 Å². The van der Waals surface area contributed by atoms with Gasteiger partial charge < -0.3 is 20.1 Å². The number of methoxy groups -OCH3 is 1. The number of hydrogen-bond acceptors (Lipinski definition) is 3. The Kier molecular flexibility index (Phi) is 9.94. The van der Waals surface area contributed by atoms with Crippen molar-refractivity contribution in [1.29, 1.82) is 0 Å². The Morgan fingerprint density at radius 3 is 2.40 bits per heavy atom. The predicted octanol–water partition coefficient (Wildman–Crippen LogP) is 2.47. The maximum absolute atomic E-state index is 12.5. The maximum atomic E-state index is 12.5. The third-order valence-corrected chi connectivity index (χ3v) is 3.27. The molecule has 0 bridgehead atoms. The topological polar surface area (TPSA) is 54.9 Å². The van der Waals surface area contributed by atoms with Gasteiger partial charge in [-0.2, -0.15) is 13.2 Å². The van der Waals surface area contributed by atoms with Crippen molar-refractivity contribution in [3.63, 3.8) is 0 Å². The van der Waals surface area contributed by atoms with Crippen LogP contribution in [-0.4, -0.2) is 52.5 Å². The molecule has 0 amide bonds. The molecule has 0 fully saturated rings. The summed E-state index contributed by atoms with van der Waals surface area (Å²) in [5, 5.41) is 6.26. The number of benzene rings is 1. The zero-order chi connectivity index (χ0) is 18.5. The van der Waals surface area contributed by atoms with Crippen LogP contribution < -0.4 is 10.6 Å². The van der Waals surface area contributed by atoms with Gasteiger partial charge in [-0.15, -0.1) is 0 Å². The smallest absolute Gasteiger partial charge is 0.382 e. The highest BCUT2D eigenvalue weighted by molar-refractivity contribution is 5.79. The minimum Gasteiger partial charge on any atom is -0.382 e. The second kappa shape index (κ2) is 11.7. The minimum absolute atomic E-state index is 0.499. The van der Waals surface area contributed by atoms with Crippen LogP contribution in [0.1, 0.15) is 18.1 Å². The van der Waals surface area contributed by atoms with Gasteiger partial charge in [0, 0.05) is 20.2 Å². The standard InChI is InChI=1S/C17H26F3N3O2/c1-3-21-16(23-10-11-25-13-12-24-2)22-9-8-14-4-6-15(7-5-14)17(18,19)20/h4-7H,3,8-13H2,1-2H3,(H2,21,22,23). The van der Waals surface area contributed by atoms with E-state index in [9.17, 15) is 13.2 Å². The molecule has 25 heavy (non-hydrogen) atoms. The molecular formula is C17H26F3N3O2. The Labute approximate surface area is 146 Å². The highest BCUT2D eigenvalue weighted by atomic mass is 19.4. The lowest BCUT2D eigenvalue weighted by molar-refractivity contribution is -0.137. The summed E-state index contributed by atoms with van der Waals surface area (Å²) in [7, 11) is 1.62. The van der Waals surface area contributed by atoms with Gasteiger partial charge in [-0.05, 0) is 31.0 Å². The first-order valence-corrected chi connectivity index (χ1v) is 8.22. The molecule has 0 aliphatic rings. The molecule has 1 rings (SSSR count). The molecule has 0 spiro atoms. The second-order valence-electron chi connectivity index (χ2n) is 5.24. The fourth-order valence-electron chi connectivity index (χ4n) is 1.99. The van der Waals surface area contributed by atoms with E-state index in [0.29, 0.717) is 45.3 Å². The van der Waals surface area contributed by atoms with Crippen LogP contribution in [0, 0.1) is 0 Å². The lowest BCUT2D eigenvalue weighted by atomic mass is 10.1. The van der Waals surface area contributed by atoms with Crippen LogP contribution in [0.2, 0.25) is 0 Å². The molecule has 0 aromatic heterocycles. The fraction of sp³-hybridized carbons (Fsp3) is 0.588. The van der Waals surface area contributed by atoms with Gasteiger partial charge in [-0.3, -0.25) is 4.99 Å². The number of halogens is 3. The number of nitrogens with zero attached hydrogens (tertiary/aromatic N) is 1. The molecule has 1 aromatic rings. The lowest BCUT2D eigenvalue weighted by Gasteiger charge is -2.12. The Morgan fingerprint density at radius 1 is 1.08 bits per heavy atom. The molecular weight excluding hydrogens is 335 g/mol. The summed E-state index contributed by atoms with van der Waals surface area (Å²) in [6, 6.07) is 5.20. The van der Waals surface area contributed by atoms with Gasteiger partial charge in [-0.25, -0.2) is 0 Å². The molecule has 0 radical (unpaired) electrons. The molecule has 0 saturated carbocycles. The molecule has 0 unspecified atom stereocenters. The molecule has 142 valence electrons. The number of ether oxygens (including phenoxy) is 2. The summed E-state index contributed by atoms with van der Waals surface area (Å²) < 4.78 is 47.8. The zero-order valence-corrected chi connectivity index (χ0v) is 14.7. The van der Waals surface area contributed by atoms with Crippen LogP contribution >= 0.6 is 0 Å². The van der Waals surface area contributed by atoms with E-state index in [2.05, 4.69) is 15.6 Å². The van der Waals surface area contributed by atoms with E-state index in [1.807, 2.05) is 6.92 Å². The van der Waals surface area contributed by atoms with Crippen molar-refractivity contribution in [1.82, 2.24) is 10.6 Å². The van der Waals surface area contributed by atoms with Crippen molar-refractivity contribution in [2.24, 2.45) is 4.99 Å². The van der Waals surface area contributed by atoms with Crippen molar-refractivity contribution in [2.45, 2.75) is 19.5 Å². The number of aliphatic imine (C=N–C) groups is 1. The quantitative estimate of drug-likeness (QED) is 0.382. The zero-order valence-electron chi connectivity index (χ0n) is 14.7. The number of rotatable bonds is 10. The lowest BCUT2D eigenvalue weighted by Crippen LogP contribution is -2.38. The van der Waals surface area contributed by atoms with Crippen LogP contribution in [0.15, 0.2) is 29.3 Å². The van der Waals surface area contributed by atoms with Gasteiger partial charge in [0.05, 0.1) is 31.9 Å². The van der Waals surface area contributed by atoms with Crippen LogP contribution in [0.3, 0.4) is 0 Å². The van der Waals surface area contributed by atoms with Crippen LogP contribution in [-0.2, 0) is 22.1 Å². The maximum Gasteiger partial charge on any atom is 0.416 e. The summed E-state index contributed by atoms with van der Waals surface area (Å²) in [5.74, 6) is 0.657. The summed E-state index contributed by atoms with van der Waals surface area (Å²) >= 11 is 0. The Hall–Kier alpha value is -1.80. The van der Waals surface area contributed by atoms with Crippen molar-refractivity contribution in [2.75, 3.05) is 46.6 Å². The Bertz CT molecular complexity index is 505. The second-order valence-corrected chi connectivity index (χ2v) is 5.24. The molecule has 1 aromatic carbocycles. The van der Waals surface area contributed by atoms with Crippen LogP contribution in [0.5, 0.6) is 0 Å². The first-order chi connectivity index (χ1) is 12.0. The average Bonchev–Trinajstić information content (AvgIpc) is 2.57. The third-order valence-electron chi connectivity index (χ3n) is 3.27. The van der Waals surface area contributed by atoms with Gasteiger partial charge in [0.2, 0.25) is 0 Å². The first-order valence-electron chi connectivity index (χ1n) is 8.22. The number of nitrogens with one attached hydrogen (secondary N) is 2. The summed E-state index contributed by atoms with van der Waals surface area (Å²) in [6.45, 7) is 5.34. The molecule has 5 nitrogen and oxygen atoms in total. The van der Waals surface area contributed by atoms with E-state index in [1.54, 1.807) is 7.11 Å². The van der Waals surface area contributed by atoms with Crippen molar-refractivity contribution >= 4 is 5.96 Å². The van der Waals surface area contributed by atoms with Crippen molar-refractivity contribution < 1.29 is 22.6 Å². The number of guanidine groups is 1. The minimum atomic E-state index is -4.30. The summed E-state index contributed by atoms with van der Waals surface area (Å²) in [5.41, 5.74) is 0.201. The molecule has 0 heterocycles. The van der Waals surface area contributed by atoms with Gasteiger partial charge in [0.25, 0.3) is 0 Å². The van der Waals surface area contributed by atoms with Crippen LogP contribution in [0.4, 0.5) is 13.2 Å².